The molecule has 6 nitrogen and oxygen atoms in total. The maximum Gasteiger partial charge on any atom is 0.214 e. The van der Waals surface area contributed by atoms with Crippen LogP contribution in [0.3, 0.4) is 0 Å². The molecule has 2 rings (SSSR count). The lowest BCUT2D eigenvalue weighted by molar-refractivity contribution is 0.398. The minimum atomic E-state index is 0.173. The van der Waals surface area contributed by atoms with Gasteiger partial charge in [-0.1, -0.05) is 6.07 Å². The largest absolute Gasteiger partial charge is 0.481 e. The minimum Gasteiger partial charge on any atom is -0.481 e. The van der Waals surface area contributed by atoms with Crippen LogP contribution in [-0.2, 0) is 6.54 Å². The highest BCUT2D eigenvalue weighted by atomic mass is 16.5. The molecule has 2 aromatic heterocycles. The third kappa shape index (κ3) is 4.45. The molecule has 0 aliphatic heterocycles. The second kappa shape index (κ2) is 7.23. The molecule has 2 heterocycles. The van der Waals surface area contributed by atoms with Gasteiger partial charge in [0, 0.05) is 49.9 Å². The highest BCUT2D eigenvalue weighted by molar-refractivity contribution is 5.77. The summed E-state index contributed by atoms with van der Waals surface area (Å²) in [5.41, 5.74) is 7.55. The van der Waals surface area contributed by atoms with Crippen molar-refractivity contribution in [3.05, 3.63) is 48.4 Å². The molecule has 0 radical (unpaired) electrons. The zero-order valence-corrected chi connectivity index (χ0v) is 12.0. The van der Waals surface area contributed by atoms with Crippen LogP contribution in [-0.4, -0.2) is 29.5 Å². The molecule has 110 valence electrons. The van der Waals surface area contributed by atoms with Crippen LogP contribution in [0, 0.1) is 5.41 Å². The Morgan fingerprint density at radius 1 is 1.38 bits per heavy atom. The molecule has 21 heavy (non-hydrogen) atoms. The number of nitrogens with two attached hydrogens (primary N) is 1. The Morgan fingerprint density at radius 3 is 2.90 bits per heavy atom. The SMILES string of the molecule is COc1cc(N(CCC(=N)N)Cc2cccnc2)ccn1. The van der Waals surface area contributed by atoms with Crippen molar-refractivity contribution in [3.8, 4) is 5.88 Å². The highest BCUT2D eigenvalue weighted by Crippen LogP contribution is 2.20. The van der Waals surface area contributed by atoms with E-state index in [-0.39, 0.29) is 5.84 Å². The lowest BCUT2D eigenvalue weighted by Crippen LogP contribution is -2.27. The van der Waals surface area contributed by atoms with E-state index in [2.05, 4.69) is 14.9 Å². The molecule has 3 N–H and O–H groups in total. The summed E-state index contributed by atoms with van der Waals surface area (Å²) in [5.74, 6) is 0.735. The molecule has 0 saturated heterocycles. The first-order chi connectivity index (χ1) is 10.2. The van der Waals surface area contributed by atoms with Crippen molar-refractivity contribution < 1.29 is 4.74 Å². The van der Waals surface area contributed by atoms with Gasteiger partial charge in [0.1, 0.15) is 0 Å². The number of pyridine rings is 2. The van der Waals surface area contributed by atoms with E-state index in [0.717, 1.165) is 11.3 Å². The smallest absolute Gasteiger partial charge is 0.214 e. The number of nitrogens with one attached hydrogen (secondary N) is 1. The zero-order valence-electron chi connectivity index (χ0n) is 12.0. The summed E-state index contributed by atoms with van der Waals surface area (Å²) in [6.07, 6.45) is 5.79. The average molecular weight is 285 g/mol. The van der Waals surface area contributed by atoms with E-state index in [0.29, 0.717) is 25.4 Å². The Kier molecular flexibility index (Phi) is 5.09. The Balaban J connectivity index is 2.20. The molecular weight excluding hydrogens is 266 g/mol. The van der Waals surface area contributed by atoms with Crippen molar-refractivity contribution in [2.24, 2.45) is 5.73 Å². The van der Waals surface area contributed by atoms with E-state index in [9.17, 15) is 0 Å². The maximum atomic E-state index is 7.41. The third-order valence-electron chi connectivity index (χ3n) is 3.04. The summed E-state index contributed by atoms with van der Waals surface area (Å²) in [6.45, 7) is 1.34. The Bertz CT molecular complexity index is 588. The quantitative estimate of drug-likeness (QED) is 0.598. The second-order valence-corrected chi connectivity index (χ2v) is 4.61. The molecule has 6 heteroatoms. The molecule has 0 spiro atoms. The van der Waals surface area contributed by atoms with Crippen molar-refractivity contribution in [3.63, 3.8) is 0 Å². The van der Waals surface area contributed by atoms with Gasteiger partial charge in [0.15, 0.2) is 0 Å². The van der Waals surface area contributed by atoms with E-state index in [4.69, 9.17) is 15.9 Å². The van der Waals surface area contributed by atoms with Gasteiger partial charge in [0.25, 0.3) is 0 Å². The van der Waals surface area contributed by atoms with Crippen LogP contribution in [0.4, 0.5) is 5.69 Å². The predicted octanol–water partition coefficient (Wildman–Crippen LogP) is 1.82. The lowest BCUT2D eigenvalue weighted by atomic mass is 10.2. The molecule has 0 amide bonds. The minimum absolute atomic E-state index is 0.173. The van der Waals surface area contributed by atoms with Crippen LogP contribution in [0.2, 0.25) is 0 Å². The third-order valence-corrected chi connectivity index (χ3v) is 3.04. The molecular formula is C15H19N5O. The number of nitrogens with zero attached hydrogens (tertiary/aromatic N) is 3. The number of methoxy groups -OCH3 is 1. The van der Waals surface area contributed by atoms with Crippen LogP contribution in [0.5, 0.6) is 5.88 Å². The van der Waals surface area contributed by atoms with Crippen molar-refractivity contribution in [1.29, 1.82) is 5.41 Å². The number of anilines is 1. The maximum absolute atomic E-state index is 7.41. The molecule has 0 saturated carbocycles. The molecule has 0 unspecified atom stereocenters. The van der Waals surface area contributed by atoms with Gasteiger partial charge in [0.05, 0.1) is 12.9 Å². The molecule has 0 atom stereocenters. The molecule has 0 aromatic carbocycles. The number of rotatable bonds is 7. The summed E-state index contributed by atoms with van der Waals surface area (Å²) in [5, 5.41) is 7.41. The van der Waals surface area contributed by atoms with Crippen LogP contribution in [0.15, 0.2) is 42.9 Å². The van der Waals surface area contributed by atoms with Crippen LogP contribution in [0.25, 0.3) is 0 Å². The monoisotopic (exact) mass is 285 g/mol. The lowest BCUT2D eigenvalue weighted by Gasteiger charge is -2.24. The first-order valence-electron chi connectivity index (χ1n) is 6.66. The Morgan fingerprint density at radius 2 is 2.24 bits per heavy atom. The van der Waals surface area contributed by atoms with E-state index in [1.807, 2.05) is 30.5 Å². The van der Waals surface area contributed by atoms with Gasteiger partial charge >= 0.3 is 0 Å². The summed E-state index contributed by atoms with van der Waals surface area (Å²) in [6, 6.07) is 7.72. The number of aromatic nitrogens is 2. The standard InChI is InChI=1S/C15H19N5O/c1-21-15-9-13(4-7-19-15)20(8-5-14(16)17)11-12-3-2-6-18-10-12/h2-4,6-7,9-10H,5,8,11H2,1H3,(H3,16,17). The van der Waals surface area contributed by atoms with E-state index < -0.39 is 0 Å². The summed E-state index contributed by atoms with van der Waals surface area (Å²) in [4.78, 5) is 10.4. The van der Waals surface area contributed by atoms with Crippen molar-refractivity contribution in [2.45, 2.75) is 13.0 Å². The van der Waals surface area contributed by atoms with Gasteiger partial charge in [-0.2, -0.15) is 0 Å². The normalized spacial score (nSPS) is 10.1. The van der Waals surface area contributed by atoms with Gasteiger partial charge in [-0.25, -0.2) is 4.98 Å². The molecule has 0 aliphatic rings. The van der Waals surface area contributed by atoms with Crippen LogP contribution >= 0.6 is 0 Å². The average Bonchev–Trinajstić information content (AvgIpc) is 2.52. The second-order valence-electron chi connectivity index (χ2n) is 4.61. The summed E-state index contributed by atoms with van der Waals surface area (Å²) < 4.78 is 5.16. The van der Waals surface area contributed by atoms with Crippen LogP contribution < -0.4 is 15.4 Å². The van der Waals surface area contributed by atoms with Crippen molar-refractivity contribution in [1.82, 2.24) is 9.97 Å². The van der Waals surface area contributed by atoms with Gasteiger partial charge < -0.3 is 15.4 Å². The molecule has 2 aromatic rings. The fourth-order valence-electron chi connectivity index (χ4n) is 1.97. The van der Waals surface area contributed by atoms with Gasteiger partial charge in [-0.05, 0) is 17.7 Å². The van der Waals surface area contributed by atoms with Crippen molar-refractivity contribution >= 4 is 11.5 Å². The molecule has 0 bridgehead atoms. The number of ether oxygens (including phenoxy) is 1. The first-order valence-corrected chi connectivity index (χ1v) is 6.66. The zero-order chi connectivity index (χ0) is 15.1. The van der Waals surface area contributed by atoms with E-state index >= 15 is 0 Å². The molecule has 0 aliphatic carbocycles. The van der Waals surface area contributed by atoms with Gasteiger partial charge in [-0.15, -0.1) is 0 Å². The number of amidine groups is 1. The Hall–Kier alpha value is -2.63. The molecule has 0 fully saturated rings. The Labute approximate surface area is 124 Å². The predicted molar refractivity (Wildman–Crippen MR) is 82.6 cm³/mol. The number of hydrogen-bond acceptors (Lipinski definition) is 5. The highest BCUT2D eigenvalue weighted by Gasteiger charge is 2.09. The van der Waals surface area contributed by atoms with Gasteiger partial charge in [-0.3, -0.25) is 10.4 Å². The fraction of sp³-hybridized carbons (Fsp3) is 0.267. The fourth-order valence-corrected chi connectivity index (χ4v) is 1.97. The van der Waals surface area contributed by atoms with Crippen molar-refractivity contribution in [2.75, 3.05) is 18.6 Å². The summed E-state index contributed by atoms with van der Waals surface area (Å²) in [7, 11) is 1.59. The number of hydrogen-bond donors (Lipinski definition) is 2. The van der Waals surface area contributed by atoms with Crippen LogP contribution in [0.1, 0.15) is 12.0 Å². The topological polar surface area (TPSA) is 88.1 Å². The van der Waals surface area contributed by atoms with Gasteiger partial charge in [0.2, 0.25) is 5.88 Å². The summed E-state index contributed by atoms with van der Waals surface area (Å²) >= 11 is 0. The van der Waals surface area contributed by atoms with E-state index in [1.165, 1.54) is 0 Å². The van der Waals surface area contributed by atoms with E-state index in [1.54, 1.807) is 19.5 Å². The first kappa shape index (κ1) is 14.8.